The number of halogens is 2. The number of hydrogen-bond donors (Lipinski definition) is 1. The third-order valence-corrected chi connectivity index (χ3v) is 4.07. The molecule has 23 heavy (non-hydrogen) atoms. The molecule has 0 aliphatic rings. The van der Waals surface area contributed by atoms with E-state index >= 15 is 0 Å². The zero-order valence-corrected chi connectivity index (χ0v) is 14.1. The Balaban J connectivity index is 1.86. The minimum absolute atomic E-state index is 0.0206. The molecule has 2 aromatic carbocycles. The van der Waals surface area contributed by atoms with Gasteiger partial charge >= 0.3 is 0 Å². The van der Waals surface area contributed by atoms with Crippen LogP contribution in [0.15, 0.2) is 57.9 Å². The summed E-state index contributed by atoms with van der Waals surface area (Å²) in [4.78, 5) is 24.0. The van der Waals surface area contributed by atoms with E-state index in [1.54, 1.807) is 42.5 Å². The maximum atomic E-state index is 12.2. The van der Waals surface area contributed by atoms with Crippen LogP contribution in [0.4, 0.5) is 5.69 Å². The number of nitrogens with zero attached hydrogens (tertiary/aromatic N) is 2. The fourth-order valence-electron chi connectivity index (χ4n) is 2.20. The summed E-state index contributed by atoms with van der Waals surface area (Å²) in [6, 6.07) is 12.2. The van der Waals surface area contributed by atoms with Gasteiger partial charge in [-0.15, -0.1) is 0 Å². The number of amides is 1. The molecule has 3 aromatic rings. The maximum Gasteiger partial charge on any atom is 0.246 e. The van der Waals surface area contributed by atoms with Crippen molar-refractivity contribution in [2.24, 2.45) is 0 Å². The van der Waals surface area contributed by atoms with Crippen LogP contribution in [0.2, 0.25) is 5.02 Å². The van der Waals surface area contributed by atoms with Gasteiger partial charge in [-0.1, -0.05) is 39.7 Å². The van der Waals surface area contributed by atoms with Crippen LogP contribution in [0, 0.1) is 0 Å². The van der Waals surface area contributed by atoms with Gasteiger partial charge in [0.25, 0.3) is 0 Å². The van der Waals surface area contributed by atoms with Crippen molar-refractivity contribution in [3.8, 4) is 0 Å². The minimum Gasteiger partial charge on any atom is -0.323 e. The first kappa shape index (κ1) is 15.7. The Morgan fingerprint density at radius 3 is 2.83 bits per heavy atom. The SMILES string of the molecule is O=C(Cn1ncc(=O)c2ccccc21)Nc1ccc(Br)cc1Cl. The van der Waals surface area contributed by atoms with Gasteiger partial charge in [0.05, 0.1) is 22.4 Å². The van der Waals surface area contributed by atoms with Crippen LogP contribution in [-0.4, -0.2) is 15.7 Å². The average molecular weight is 393 g/mol. The number of carbonyl (C=O) groups is 1. The van der Waals surface area contributed by atoms with E-state index in [4.69, 9.17) is 11.6 Å². The van der Waals surface area contributed by atoms with Crippen LogP contribution >= 0.6 is 27.5 Å². The summed E-state index contributed by atoms with van der Waals surface area (Å²) in [5.74, 6) is -0.282. The zero-order valence-electron chi connectivity index (χ0n) is 11.8. The predicted octanol–water partition coefficient (Wildman–Crippen LogP) is 3.45. The lowest BCUT2D eigenvalue weighted by molar-refractivity contribution is -0.116. The largest absolute Gasteiger partial charge is 0.323 e. The van der Waals surface area contributed by atoms with Crippen LogP contribution in [-0.2, 0) is 11.3 Å². The van der Waals surface area contributed by atoms with Gasteiger partial charge in [0.15, 0.2) is 0 Å². The molecular formula is C16H11BrClN3O2. The van der Waals surface area contributed by atoms with Crippen LogP contribution in [0.1, 0.15) is 0 Å². The van der Waals surface area contributed by atoms with Crippen molar-refractivity contribution in [3.63, 3.8) is 0 Å². The highest BCUT2D eigenvalue weighted by Crippen LogP contribution is 2.25. The molecule has 0 radical (unpaired) electrons. The van der Waals surface area contributed by atoms with E-state index in [1.165, 1.54) is 10.9 Å². The van der Waals surface area contributed by atoms with Gasteiger partial charge in [-0.2, -0.15) is 5.10 Å². The Hall–Kier alpha value is -2.18. The standard InChI is InChI=1S/C16H11BrClN3O2/c17-10-5-6-13(12(18)7-10)20-16(23)9-21-14-4-2-1-3-11(14)15(22)8-19-21/h1-8H,9H2,(H,20,23). The van der Waals surface area contributed by atoms with E-state index in [0.717, 1.165) is 4.47 Å². The molecule has 1 amide bonds. The molecule has 0 atom stereocenters. The van der Waals surface area contributed by atoms with Crippen molar-refractivity contribution in [1.82, 2.24) is 9.78 Å². The summed E-state index contributed by atoms with van der Waals surface area (Å²) in [5, 5.41) is 7.72. The second kappa shape index (κ2) is 6.52. The molecule has 0 fully saturated rings. The van der Waals surface area contributed by atoms with Crippen molar-refractivity contribution >= 4 is 50.0 Å². The van der Waals surface area contributed by atoms with Gasteiger partial charge in [-0.25, -0.2) is 0 Å². The summed E-state index contributed by atoms with van der Waals surface area (Å²) < 4.78 is 2.31. The molecule has 0 spiro atoms. The van der Waals surface area contributed by atoms with E-state index in [-0.39, 0.29) is 17.9 Å². The number of para-hydroxylation sites is 1. The smallest absolute Gasteiger partial charge is 0.246 e. The normalized spacial score (nSPS) is 10.7. The highest BCUT2D eigenvalue weighted by atomic mass is 79.9. The Bertz CT molecular complexity index is 955. The lowest BCUT2D eigenvalue weighted by atomic mass is 10.2. The monoisotopic (exact) mass is 391 g/mol. The second-order valence-corrected chi connectivity index (χ2v) is 6.18. The molecule has 0 saturated carbocycles. The number of aromatic nitrogens is 2. The molecule has 0 saturated heterocycles. The number of carbonyl (C=O) groups excluding carboxylic acids is 1. The molecule has 0 aliphatic heterocycles. The first-order valence-electron chi connectivity index (χ1n) is 6.74. The average Bonchev–Trinajstić information content (AvgIpc) is 2.53. The molecule has 1 aromatic heterocycles. The summed E-state index contributed by atoms with van der Waals surface area (Å²) in [6.07, 6.45) is 1.21. The maximum absolute atomic E-state index is 12.2. The van der Waals surface area contributed by atoms with Gasteiger partial charge in [-0.3, -0.25) is 14.3 Å². The Labute approximate surface area is 145 Å². The second-order valence-electron chi connectivity index (χ2n) is 4.86. The molecule has 0 aliphatic carbocycles. The Morgan fingerprint density at radius 1 is 1.26 bits per heavy atom. The topological polar surface area (TPSA) is 64.0 Å². The van der Waals surface area contributed by atoms with Gasteiger partial charge in [0, 0.05) is 9.86 Å². The summed E-state index contributed by atoms with van der Waals surface area (Å²) >= 11 is 9.39. The first-order valence-corrected chi connectivity index (χ1v) is 7.91. The van der Waals surface area contributed by atoms with Gasteiger partial charge in [0.2, 0.25) is 11.3 Å². The molecule has 116 valence electrons. The Morgan fingerprint density at radius 2 is 2.04 bits per heavy atom. The fraction of sp³-hybridized carbons (Fsp3) is 0.0625. The lowest BCUT2D eigenvalue weighted by Gasteiger charge is -2.10. The third-order valence-electron chi connectivity index (χ3n) is 3.26. The van der Waals surface area contributed by atoms with Gasteiger partial charge in [0.1, 0.15) is 6.54 Å². The number of benzene rings is 2. The van der Waals surface area contributed by atoms with Gasteiger partial charge < -0.3 is 5.32 Å². The van der Waals surface area contributed by atoms with E-state index in [9.17, 15) is 9.59 Å². The summed E-state index contributed by atoms with van der Waals surface area (Å²) in [6.45, 7) is -0.0206. The van der Waals surface area contributed by atoms with Crippen molar-refractivity contribution in [3.05, 3.63) is 68.4 Å². The van der Waals surface area contributed by atoms with Crippen molar-refractivity contribution in [1.29, 1.82) is 0 Å². The van der Waals surface area contributed by atoms with E-state index in [2.05, 4.69) is 26.3 Å². The molecule has 5 nitrogen and oxygen atoms in total. The molecule has 0 bridgehead atoms. The van der Waals surface area contributed by atoms with Crippen LogP contribution in [0.3, 0.4) is 0 Å². The van der Waals surface area contributed by atoms with Crippen LogP contribution in [0.25, 0.3) is 10.9 Å². The number of nitrogens with one attached hydrogen (secondary N) is 1. The molecule has 1 N–H and O–H groups in total. The molecule has 7 heteroatoms. The van der Waals surface area contributed by atoms with Crippen molar-refractivity contribution in [2.45, 2.75) is 6.54 Å². The number of hydrogen-bond acceptors (Lipinski definition) is 3. The highest BCUT2D eigenvalue weighted by molar-refractivity contribution is 9.10. The van der Waals surface area contributed by atoms with E-state index < -0.39 is 0 Å². The zero-order chi connectivity index (χ0) is 16.4. The highest BCUT2D eigenvalue weighted by Gasteiger charge is 2.10. The number of anilines is 1. The van der Waals surface area contributed by atoms with Crippen molar-refractivity contribution < 1.29 is 4.79 Å². The van der Waals surface area contributed by atoms with Gasteiger partial charge in [-0.05, 0) is 30.3 Å². The third kappa shape index (κ3) is 3.43. The summed E-state index contributed by atoms with van der Waals surface area (Å²) in [7, 11) is 0. The molecule has 1 heterocycles. The van der Waals surface area contributed by atoms with E-state index in [1.807, 2.05) is 0 Å². The predicted molar refractivity (Wildman–Crippen MR) is 93.8 cm³/mol. The fourth-order valence-corrected chi connectivity index (χ4v) is 2.92. The molecule has 0 unspecified atom stereocenters. The Kier molecular flexibility index (Phi) is 4.45. The van der Waals surface area contributed by atoms with Crippen molar-refractivity contribution in [2.75, 3.05) is 5.32 Å². The van der Waals surface area contributed by atoms with Crippen LogP contribution in [0.5, 0.6) is 0 Å². The number of rotatable bonds is 3. The minimum atomic E-state index is -0.282. The first-order chi connectivity index (χ1) is 11.0. The quantitative estimate of drug-likeness (QED) is 0.742. The lowest BCUT2D eigenvalue weighted by Crippen LogP contribution is -2.22. The summed E-state index contributed by atoms with van der Waals surface area (Å²) in [5.41, 5.74) is 0.954. The number of fused-ring (bicyclic) bond motifs is 1. The van der Waals surface area contributed by atoms with E-state index in [0.29, 0.717) is 21.6 Å². The molecule has 3 rings (SSSR count). The van der Waals surface area contributed by atoms with Crippen LogP contribution < -0.4 is 10.7 Å². The molecular weight excluding hydrogens is 382 g/mol.